The maximum absolute atomic E-state index is 6.55. The zero-order valence-corrected chi connectivity index (χ0v) is 12.8. The molecule has 1 unspecified atom stereocenters. The fourth-order valence-corrected chi connectivity index (χ4v) is 4.48. The van der Waals surface area contributed by atoms with Crippen molar-refractivity contribution < 1.29 is 0 Å². The average molecular weight is 293 g/mol. The summed E-state index contributed by atoms with van der Waals surface area (Å²) in [5.41, 5.74) is 10.9. The molecule has 1 nitrogen and oxygen atoms in total. The van der Waals surface area contributed by atoms with Gasteiger partial charge in [-0.1, -0.05) is 42.5 Å². The van der Waals surface area contributed by atoms with Crippen molar-refractivity contribution in [2.45, 2.75) is 25.3 Å². The molecule has 0 spiro atoms. The minimum atomic E-state index is 0.246. The number of nitrogens with two attached hydrogens (primary N) is 1. The predicted molar refractivity (Wildman–Crippen MR) is 90.8 cm³/mol. The van der Waals surface area contributed by atoms with E-state index in [9.17, 15) is 0 Å². The number of hydrogen-bond acceptors (Lipinski definition) is 2. The van der Waals surface area contributed by atoms with Crippen LogP contribution < -0.4 is 5.73 Å². The second-order valence-electron chi connectivity index (χ2n) is 6.06. The number of fused-ring (bicyclic) bond motifs is 2. The van der Waals surface area contributed by atoms with Crippen LogP contribution in [0.15, 0.2) is 53.9 Å². The molecule has 0 bridgehead atoms. The summed E-state index contributed by atoms with van der Waals surface area (Å²) in [6.45, 7) is 0. The van der Waals surface area contributed by atoms with Gasteiger partial charge < -0.3 is 5.73 Å². The Morgan fingerprint density at radius 1 is 1.00 bits per heavy atom. The van der Waals surface area contributed by atoms with Gasteiger partial charge in [-0.3, -0.25) is 0 Å². The van der Waals surface area contributed by atoms with Gasteiger partial charge >= 0.3 is 0 Å². The van der Waals surface area contributed by atoms with Crippen molar-refractivity contribution in [1.29, 1.82) is 0 Å². The first kappa shape index (κ1) is 13.1. The number of hydrogen-bond donors (Lipinski definition) is 1. The Kier molecular flexibility index (Phi) is 3.28. The van der Waals surface area contributed by atoms with Crippen LogP contribution in [-0.4, -0.2) is 6.04 Å². The molecular weight excluding hydrogens is 274 g/mol. The van der Waals surface area contributed by atoms with Gasteiger partial charge in [0.15, 0.2) is 0 Å². The van der Waals surface area contributed by atoms with Crippen LogP contribution in [0, 0.1) is 5.92 Å². The zero-order valence-electron chi connectivity index (χ0n) is 12.0. The third-order valence-corrected chi connectivity index (χ3v) is 5.72. The van der Waals surface area contributed by atoms with Crippen LogP contribution in [0.4, 0.5) is 0 Å². The smallest absolute Gasteiger partial charge is 0.0345 e. The van der Waals surface area contributed by atoms with Crippen LogP contribution in [-0.2, 0) is 19.3 Å². The lowest BCUT2D eigenvalue weighted by Gasteiger charge is -2.18. The summed E-state index contributed by atoms with van der Waals surface area (Å²) in [6.07, 6.45) is 3.27. The van der Waals surface area contributed by atoms with Gasteiger partial charge in [-0.15, -0.1) is 11.3 Å². The van der Waals surface area contributed by atoms with Crippen LogP contribution >= 0.6 is 11.3 Å². The van der Waals surface area contributed by atoms with E-state index in [0.717, 1.165) is 19.3 Å². The lowest BCUT2D eigenvalue weighted by Crippen LogP contribution is -2.32. The zero-order chi connectivity index (χ0) is 14.2. The highest BCUT2D eigenvalue weighted by molar-refractivity contribution is 7.17. The van der Waals surface area contributed by atoms with E-state index >= 15 is 0 Å². The van der Waals surface area contributed by atoms with E-state index in [1.54, 1.807) is 0 Å². The van der Waals surface area contributed by atoms with Crippen molar-refractivity contribution in [3.8, 4) is 0 Å². The van der Waals surface area contributed by atoms with Gasteiger partial charge in [-0.05, 0) is 58.7 Å². The molecule has 2 N–H and O–H groups in total. The van der Waals surface area contributed by atoms with Crippen LogP contribution in [0.2, 0.25) is 0 Å². The molecule has 3 aromatic rings. The first-order chi connectivity index (χ1) is 10.3. The van der Waals surface area contributed by atoms with Crippen LogP contribution in [0.1, 0.15) is 16.7 Å². The van der Waals surface area contributed by atoms with E-state index in [1.807, 2.05) is 11.3 Å². The molecular formula is C19H19NS. The molecule has 1 aliphatic carbocycles. The molecule has 0 aliphatic heterocycles. The van der Waals surface area contributed by atoms with Gasteiger partial charge in [-0.25, -0.2) is 0 Å². The van der Waals surface area contributed by atoms with Crippen molar-refractivity contribution >= 4 is 21.4 Å². The van der Waals surface area contributed by atoms with E-state index < -0.39 is 0 Å². The summed E-state index contributed by atoms with van der Waals surface area (Å²) in [4.78, 5) is 0. The number of benzene rings is 2. The molecule has 4 rings (SSSR count). The topological polar surface area (TPSA) is 26.0 Å². The van der Waals surface area contributed by atoms with Crippen molar-refractivity contribution in [3.63, 3.8) is 0 Å². The van der Waals surface area contributed by atoms with E-state index in [0.29, 0.717) is 5.92 Å². The van der Waals surface area contributed by atoms with E-state index in [-0.39, 0.29) is 6.04 Å². The van der Waals surface area contributed by atoms with Gasteiger partial charge in [0.2, 0.25) is 0 Å². The Labute approximate surface area is 129 Å². The summed E-state index contributed by atoms with van der Waals surface area (Å²) >= 11 is 1.83. The summed E-state index contributed by atoms with van der Waals surface area (Å²) in [6, 6.07) is 17.7. The molecule has 1 heterocycles. The van der Waals surface area contributed by atoms with E-state index in [1.165, 1.54) is 26.8 Å². The average Bonchev–Trinajstić information content (AvgIpc) is 3.11. The monoisotopic (exact) mass is 293 g/mol. The second kappa shape index (κ2) is 5.28. The first-order valence-corrected chi connectivity index (χ1v) is 8.46. The van der Waals surface area contributed by atoms with E-state index in [2.05, 4.69) is 53.9 Å². The lowest BCUT2D eigenvalue weighted by molar-refractivity contribution is 0.438. The Morgan fingerprint density at radius 3 is 2.43 bits per heavy atom. The largest absolute Gasteiger partial charge is 0.327 e. The summed E-state index contributed by atoms with van der Waals surface area (Å²) in [5.74, 6) is 0.584. The maximum Gasteiger partial charge on any atom is 0.0345 e. The molecule has 0 saturated heterocycles. The highest BCUT2D eigenvalue weighted by Crippen LogP contribution is 2.31. The third kappa shape index (κ3) is 2.39. The van der Waals surface area contributed by atoms with Crippen molar-refractivity contribution in [1.82, 2.24) is 0 Å². The van der Waals surface area contributed by atoms with Crippen LogP contribution in [0.25, 0.3) is 10.1 Å². The molecule has 0 saturated carbocycles. The second-order valence-corrected chi connectivity index (χ2v) is 6.97. The molecule has 1 aromatic heterocycles. The van der Waals surface area contributed by atoms with Crippen molar-refractivity contribution in [2.24, 2.45) is 11.7 Å². The van der Waals surface area contributed by atoms with Gasteiger partial charge in [0.05, 0.1) is 0 Å². The standard InChI is InChI=1S/C19H19NS/c20-18(15-9-13-5-1-2-6-14(13)10-15)11-16-12-21-19-8-4-3-7-17(16)19/h1-8,12,15,18H,9-11,20H2. The predicted octanol–water partition coefficient (Wildman–Crippen LogP) is 4.19. The molecule has 21 heavy (non-hydrogen) atoms. The normalized spacial score (nSPS) is 16.2. The van der Waals surface area contributed by atoms with Gasteiger partial charge in [0.1, 0.15) is 0 Å². The summed E-state index contributed by atoms with van der Waals surface area (Å²) in [7, 11) is 0. The first-order valence-electron chi connectivity index (χ1n) is 7.59. The number of thiophene rings is 1. The van der Waals surface area contributed by atoms with Gasteiger partial charge in [0.25, 0.3) is 0 Å². The van der Waals surface area contributed by atoms with Crippen LogP contribution in [0.5, 0.6) is 0 Å². The van der Waals surface area contributed by atoms with Crippen molar-refractivity contribution in [2.75, 3.05) is 0 Å². The molecule has 2 aromatic carbocycles. The molecule has 1 atom stereocenters. The van der Waals surface area contributed by atoms with Gasteiger partial charge in [-0.2, -0.15) is 0 Å². The fraction of sp³-hybridized carbons (Fsp3) is 0.263. The minimum absolute atomic E-state index is 0.246. The highest BCUT2D eigenvalue weighted by Gasteiger charge is 2.26. The fourth-order valence-electron chi connectivity index (χ4n) is 3.51. The van der Waals surface area contributed by atoms with E-state index in [4.69, 9.17) is 5.73 Å². The third-order valence-electron chi connectivity index (χ3n) is 4.70. The van der Waals surface area contributed by atoms with Crippen LogP contribution in [0.3, 0.4) is 0 Å². The molecule has 1 aliphatic rings. The Morgan fingerprint density at radius 2 is 1.67 bits per heavy atom. The Bertz CT molecular complexity index is 749. The summed E-state index contributed by atoms with van der Waals surface area (Å²) in [5, 5.41) is 3.67. The lowest BCUT2D eigenvalue weighted by atomic mass is 9.92. The van der Waals surface area contributed by atoms with Crippen molar-refractivity contribution in [3.05, 3.63) is 70.6 Å². The summed E-state index contributed by atoms with van der Waals surface area (Å²) < 4.78 is 1.37. The molecule has 0 radical (unpaired) electrons. The maximum atomic E-state index is 6.55. The molecule has 2 heteroatoms. The minimum Gasteiger partial charge on any atom is -0.327 e. The Hall–Kier alpha value is -1.64. The molecule has 0 amide bonds. The van der Waals surface area contributed by atoms with Gasteiger partial charge in [0, 0.05) is 10.7 Å². The SMILES string of the molecule is NC(Cc1csc2ccccc12)C1Cc2ccccc2C1. The molecule has 106 valence electrons. The molecule has 0 fully saturated rings. The Balaban J connectivity index is 1.53. The quantitative estimate of drug-likeness (QED) is 0.770. The highest BCUT2D eigenvalue weighted by atomic mass is 32.1. The number of rotatable bonds is 3.